The SMILES string of the molecule is Cc1ccccc1CNc1cccn2c(C)c(C)nc12. The summed E-state index contributed by atoms with van der Waals surface area (Å²) in [5.74, 6) is 0. The van der Waals surface area contributed by atoms with Crippen LogP contribution in [-0.2, 0) is 6.54 Å². The maximum Gasteiger partial charge on any atom is 0.160 e. The maximum absolute atomic E-state index is 4.65. The number of aryl methyl sites for hydroxylation is 3. The van der Waals surface area contributed by atoms with Gasteiger partial charge >= 0.3 is 0 Å². The van der Waals surface area contributed by atoms with Crippen molar-refractivity contribution in [1.29, 1.82) is 0 Å². The first kappa shape index (κ1) is 12.7. The van der Waals surface area contributed by atoms with E-state index in [1.165, 1.54) is 16.8 Å². The third-order valence-electron chi connectivity index (χ3n) is 3.86. The second kappa shape index (κ2) is 5.00. The lowest BCUT2D eigenvalue weighted by atomic mass is 10.1. The number of aromatic nitrogens is 2. The lowest BCUT2D eigenvalue weighted by molar-refractivity contribution is 1.08. The van der Waals surface area contributed by atoms with Crippen molar-refractivity contribution in [1.82, 2.24) is 9.38 Å². The Morgan fingerprint density at radius 2 is 1.85 bits per heavy atom. The van der Waals surface area contributed by atoms with Crippen LogP contribution in [0.5, 0.6) is 0 Å². The molecule has 0 atom stereocenters. The molecule has 0 aliphatic rings. The van der Waals surface area contributed by atoms with Crippen molar-refractivity contribution >= 4 is 11.3 Å². The predicted octanol–water partition coefficient (Wildman–Crippen LogP) is 3.87. The monoisotopic (exact) mass is 265 g/mol. The molecule has 2 heterocycles. The third-order valence-corrected chi connectivity index (χ3v) is 3.86. The number of imidazole rings is 1. The molecule has 102 valence electrons. The lowest BCUT2D eigenvalue weighted by Crippen LogP contribution is -2.03. The number of hydrogen-bond donors (Lipinski definition) is 1. The summed E-state index contributed by atoms with van der Waals surface area (Å²) in [6.45, 7) is 7.10. The van der Waals surface area contributed by atoms with Crippen LogP contribution in [0, 0.1) is 20.8 Å². The van der Waals surface area contributed by atoms with Crippen LogP contribution in [0.25, 0.3) is 5.65 Å². The molecule has 0 radical (unpaired) electrons. The van der Waals surface area contributed by atoms with E-state index in [-0.39, 0.29) is 0 Å². The maximum atomic E-state index is 4.65. The van der Waals surface area contributed by atoms with Gasteiger partial charge in [-0.15, -0.1) is 0 Å². The van der Waals surface area contributed by atoms with Crippen molar-refractivity contribution < 1.29 is 0 Å². The minimum Gasteiger partial charge on any atom is -0.378 e. The molecular formula is C17H19N3. The van der Waals surface area contributed by atoms with Crippen LogP contribution in [0.2, 0.25) is 0 Å². The molecule has 0 spiro atoms. The van der Waals surface area contributed by atoms with Gasteiger partial charge in [-0.2, -0.15) is 0 Å². The van der Waals surface area contributed by atoms with Gasteiger partial charge in [0.1, 0.15) is 0 Å². The first-order valence-electron chi connectivity index (χ1n) is 6.89. The summed E-state index contributed by atoms with van der Waals surface area (Å²) < 4.78 is 2.13. The highest BCUT2D eigenvalue weighted by Gasteiger charge is 2.08. The fourth-order valence-corrected chi connectivity index (χ4v) is 2.44. The van der Waals surface area contributed by atoms with E-state index in [0.29, 0.717) is 0 Å². The van der Waals surface area contributed by atoms with Crippen molar-refractivity contribution in [2.45, 2.75) is 27.3 Å². The van der Waals surface area contributed by atoms with Crippen LogP contribution in [0.15, 0.2) is 42.6 Å². The van der Waals surface area contributed by atoms with Crippen molar-refractivity contribution in [3.05, 3.63) is 65.1 Å². The van der Waals surface area contributed by atoms with Crippen LogP contribution in [0.1, 0.15) is 22.5 Å². The number of fused-ring (bicyclic) bond motifs is 1. The average Bonchev–Trinajstić information content (AvgIpc) is 2.74. The number of hydrogen-bond acceptors (Lipinski definition) is 2. The Morgan fingerprint density at radius 1 is 1.05 bits per heavy atom. The Morgan fingerprint density at radius 3 is 2.65 bits per heavy atom. The molecule has 20 heavy (non-hydrogen) atoms. The minimum absolute atomic E-state index is 0.817. The van der Waals surface area contributed by atoms with E-state index in [0.717, 1.165) is 23.6 Å². The van der Waals surface area contributed by atoms with E-state index in [4.69, 9.17) is 0 Å². The summed E-state index contributed by atoms with van der Waals surface area (Å²) in [5.41, 5.74) is 6.97. The van der Waals surface area contributed by atoms with Gasteiger partial charge in [0, 0.05) is 18.4 Å². The van der Waals surface area contributed by atoms with Gasteiger partial charge in [-0.25, -0.2) is 4.98 Å². The molecular weight excluding hydrogens is 246 g/mol. The van der Waals surface area contributed by atoms with E-state index in [1.54, 1.807) is 0 Å². The fraction of sp³-hybridized carbons (Fsp3) is 0.235. The molecule has 0 bridgehead atoms. The highest BCUT2D eigenvalue weighted by atomic mass is 15.0. The second-order valence-electron chi connectivity index (χ2n) is 5.18. The van der Waals surface area contributed by atoms with E-state index in [1.807, 2.05) is 6.92 Å². The molecule has 1 N–H and O–H groups in total. The molecule has 0 amide bonds. The first-order chi connectivity index (χ1) is 9.66. The summed E-state index contributed by atoms with van der Waals surface area (Å²) >= 11 is 0. The number of rotatable bonds is 3. The van der Waals surface area contributed by atoms with E-state index in [9.17, 15) is 0 Å². The molecule has 3 aromatic rings. The Balaban J connectivity index is 1.92. The molecule has 3 heteroatoms. The van der Waals surface area contributed by atoms with Gasteiger partial charge in [0.2, 0.25) is 0 Å². The van der Waals surface area contributed by atoms with Gasteiger partial charge in [0.25, 0.3) is 0 Å². The van der Waals surface area contributed by atoms with Gasteiger partial charge < -0.3 is 9.72 Å². The highest BCUT2D eigenvalue weighted by molar-refractivity contribution is 5.68. The van der Waals surface area contributed by atoms with E-state index < -0.39 is 0 Å². The Labute approximate surface area is 119 Å². The summed E-state index contributed by atoms with van der Waals surface area (Å²) in [6.07, 6.45) is 2.06. The number of benzene rings is 1. The molecule has 0 aliphatic heterocycles. The van der Waals surface area contributed by atoms with Crippen molar-refractivity contribution in [2.75, 3.05) is 5.32 Å². The number of nitrogens with zero attached hydrogens (tertiary/aromatic N) is 2. The zero-order valence-electron chi connectivity index (χ0n) is 12.1. The van der Waals surface area contributed by atoms with Gasteiger partial charge in [0.15, 0.2) is 5.65 Å². The third kappa shape index (κ3) is 2.16. The molecule has 3 nitrogen and oxygen atoms in total. The summed E-state index contributed by atoms with van der Waals surface area (Å²) in [7, 11) is 0. The van der Waals surface area contributed by atoms with Gasteiger partial charge in [-0.3, -0.25) is 0 Å². The molecule has 0 aliphatic carbocycles. The zero-order valence-corrected chi connectivity index (χ0v) is 12.1. The molecule has 3 rings (SSSR count). The van der Waals surface area contributed by atoms with Gasteiger partial charge in [-0.05, 0) is 44.0 Å². The van der Waals surface area contributed by atoms with E-state index >= 15 is 0 Å². The molecule has 0 saturated heterocycles. The molecule has 0 unspecified atom stereocenters. The minimum atomic E-state index is 0.817. The standard InChI is InChI=1S/C17H19N3/c1-12-7-4-5-8-15(12)11-18-16-9-6-10-20-14(3)13(2)19-17(16)20/h4-10,18H,11H2,1-3H3. The van der Waals surface area contributed by atoms with Crippen LogP contribution in [0.4, 0.5) is 5.69 Å². The van der Waals surface area contributed by atoms with Gasteiger partial charge in [-0.1, -0.05) is 24.3 Å². The van der Waals surface area contributed by atoms with Crippen LogP contribution < -0.4 is 5.32 Å². The Kier molecular flexibility index (Phi) is 3.18. The topological polar surface area (TPSA) is 29.3 Å². The summed E-state index contributed by atoms with van der Waals surface area (Å²) in [4.78, 5) is 4.65. The van der Waals surface area contributed by atoms with Crippen molar-refractivity contribution in [3.63, 3.8) is 0 Å². The van der Waals surface area contributed by atoms with Crippen molar-refractivity contribution in [3.8, 4) is 0 Å². The molecule has 0 fully saturated rings. The van der Waals surface area contributed by atoms with Crippen molar-refractivity contribution in [2.24, 2.45) is 0 Å². The Bertz CT molecular complexity index is 756. The van der Waals surface area contributed by atoms with Crippen LogP contribution >= 0.6 is 0 Å². The number of anilines is 1. The smallest absolute Gasteiger partial charge is 0.160 e. The highest BCUT2D eigenvalue weighted by Crippen LogP contribution is 2.20. The number of pyridine rings is 1. The first-order valence-corrected chi connectivity index (χ1v) is 6.89. The predicted molar refractivity (Wildman–Crippen MR) is 83.2 cm³/mol. The van der Waals surface area contributed by atoms with Crippen LogP contribution in [-0.4, -0.2) is 9.38 Å². The average molecular weight is 265 g/mol. The zero-order chi connectivity index (χ0) is 14.1. The molecule has 1 aromatic carbocycles. The Hall–Kier alpha value is -2.29. The molecule has 0 saturated carbocycles. The molecule has 2 aromatic heterocycles. The lowest BCUT2D eigenvalue weighted by Gasteiger charge is -2.10. The summed E-state index contributed by atoms with van der Waals surface area (Å²) in [5, 5.41) is 3.50. The summed E-state index contributed by atoms with van der Waals surface area (Å²) in [6, 6.07) is 12.6. The number of nitrogens with one attached hydrogen (secondary N) is 1. The van der Waals surface area contributed by atoms with Gasteiger partial charge in [0.05, 0.1) is 11.4 Å². The second-order valence-corrected chi connectivity index (χ2v) is 5.18. The van der Waals surface area contributed by atoms with Crippen LogP contribution in [0.3, 0.4) is 0 Å². The normalized spacial score (nSPS) is 10.9. The fourth-order valence-electron chi connectivity index (χ4n) is 2.44. The quantitative estimate of drug-likeness (QED) is 0.779. The van der Waals surface area contributed by atoms with E-state index in [2.05, 4.69) is 71.1 Å². The largest absolute Gasteiger partial charge is 0.378 e.